The maximum absolute atomic E-state index is 14.4. The van der Waals surface area contributed by atoms with Gasteiger partial charge in [-0.1, -0.05) is 6.58 Å². The number of nitrogens with one attached hydrogen (secondary N) is 1. The highest BCUT2D eigenvalue weighted by atomic mass is 19.1. The third kappa shape index (κ3) is 3.02. The molecule has 1 amide bonds. The van der Waals surface area contributed by atoms with Gasteiger partial charge in [-0.3, -0.25) is 4.79 Å². The number of carbonyl (C=O) groups is 1. The first-order valence-electron chi connectivity index (χ1n) is 11.8. The molecular formula is C25H29FN6O2. The molecule has 5 aliphatic rings. The summed E-state index contributed by atoms with van der Waals surface area (Å²) >= 11 is 0. The van der Waals surface area contributed by atoms with Crippen LogP contribution in [0.25, 0.3) is 0 Å². The van der Waals surface area contributed by atoms with E-state index < -0.39 is 17.3 Å². The van der Waals surface area contributed by atoms with Crippen molar-refractivity contribution in [2.75, 3.05) is 22.2 Å². The topological polar surface area (TPSA) is 108 Å². The van der Waals surface area contributed by atoms with E-state index >= 15 is 0 Å². The highest BCUT2D eigenvalue weighted by Crippen LogP contribution is 2.62. The number of amides is 1. The number of halogens is 1. The second-order valence-corrected chi connectivity index (χ2v) is 10.8. The van der Waals surface area contributed by atoms with Crippen LogP contribution in [0.1, 0.15) is 54.4 Å². The van der Waals surface area contributed by atoms with Crippen LogP contribution in [0.2, 0.25) is 0 Å². The number of fused-ring (bicyclic) bond motifs is 1. The Kier molecular flexibility index (Phi) is 4.34. The minimum absolute atomic E-state index is 0.151. The van der Waals surface area contributed by atoms with Gasteiger partial charge in [-0.05, 0) is 75.0 Å². The quantitative estimate of drug-likeness (QED) is 0.635. The minimum Gasteiger partial charge on any atom is -0.390 e. The number of anilines is 4. The number of hydrogen-bond donors (Lipinski definition) is 3. The van der Waals surface area contributed by atoms with E-state index in [0.29, 0.717) is 35.5 Å². The number of hydrogen-bond acceptors (Lipinski definition) is 7. The molecule has 2 atom stereocenters. The Labute approximate surface area is 197 Å². The van der Waals surface area contributed by atoms with Crippen molar-refractivity contribution in [3.05, 3.63) is 47.7 Å². The van der Waals surface area contributed by atoms with E-state index in [-0.39, 0.29) is 11.1 Å². The number of benzene rings is 1. The molecule has 8 nitrogen and oxygen atoms in total. The average Bonchev–Trinajstić information content (AvgIpc) is 2.98. The lowest BCUT2D eigenvalue weighted by atomic mass is 9.50. The lowest BCUT2D eigenvalue weighted by Gasteiger charge is -2.62. The minimum atomic E-state index is -0.810. The number of nitrogens with zero attached hydrogens (tertiary/aromatic N) is 4. The third-order valence-electron chi connectivity index (χ3n) is 8.27. The van der Waals surface area contributed by atoms with Gasteiger partial charge >= 0.3 is 0 Å². The smallest absolute Gasteiger partial charge is 0.251 e. The predicted molar refractivity (Wildman–Crippen MR) is 127 cm³/mol. The molecule has 178 valence electrons. The molecule has 4 saturated carbocycles. The Bertz CT molecular complexity index is 1230. The zero-order valence-electron chi connectivity index (χ0n) is 19.4. The number of aliphatic hydroxyl groups is 1. The molecule has 1 aromatic carbocycles. The Hall–Kier alpha value is -3.20. The summed E-state index contributed by atoms with van der Waals surface area (Å²) in [6, 6.07) is 2.66. The Morgan fingerprint density at radius 2 is 2.00 bits per heavy atom. The second kappa shape index (κ2) is 6.91. The molecule has 4 bridgehead atoms. The fourth-order valence-electron chi connectivity index (χ4n) is 7.29. The summed E-state index contributed by atoms with van der Waals surface area (Å²) < 4.78 is 14.4. The summed E-state index contributed by atoms with van der Waals surface area (Å²) in [5, 5.41) is 14.4. The summed E-state index contributed by atoms with van der Waals surface area (Å²) in [4.78, 5) is 25.0. The molecule has 7 rings (SSSR count). The molecule has 34 heavy (non-hydrogen) atoms. The molecular weight excluding hydrogens is 435 g/mol. The van der Waals surface area contributed by atoms with Crippen molar-refractivity contribution in [2.45, 2.75) is 56.6 Å². The van der Waals surface area contributed by atoms with Crippen LogP contribution in [0.3, 0.4) is 0 Å². The maximum Gasteiger partial charge on any atom is 0.251 e. The Balaban J connectivity index is 1.38. The predicted octanol–water partition coefficient (Wildman–Crippen LogP) is 3.58. The van der Waals surface area contributed by atoms with E-state index in [1.165, 1.54) is 18.6 Å². The molecule has 0 saturated heterocycles. The first kappa shape index (κ1) is 21.3. The number of rotatable bonds is 4. The van der Waals surface area contributed by atoms with Crippen LogP contribution >= 0.6 is 0 Å². The molecule has 4 aliphatic carbocycles. The van der Waals surface area contributed by atoms with Gasteiger partial charge in [0, 0.05) is 12.7 Å². The first-order chi connectivity index (χ1) is 16.1. The summed E-state index contributed by atoms with van der Waals surface area (Å²) in [6.45, 7) is 6.13. The third-order valence-corrected chi connectivity index (χ3v) is 8.27. The molecule has 9 heteroatoms. The van der Waals surface area contributed by atoms with E-state index in [4.69, 9.17) is 10.7 Å². The second-order valence-electron chi connectivity index (χ2n) is 10.8. The van der Waals surface area contributed by atoms with Gasteiger partial charge in [0.2, 0.25) is 5.95 Å². The van der Waals surface area contributed by atoms with Crippen molar-refractivity contribution >= 4 is 29.0 Å². The van der Waals surface area contributed by atoms with Crippen LogP contribution < -0.4 is 20.9 Å². The van der Waals surface area contributed by atoms with Gasteiger partial charge in [-0.15, -0.1) is 0 Å². The maximum atomic E-state index is 14.4. The largest absolute Gasteiger partial charge is 0.390 e. The zero-order chi connectivity index (χ0) is 24.0. The number of aryl methyl sites for hydroxylation is 1. The monoisotopic (exact) mass is 464 g/mol. The van der Waals surface area contributed by atoms with E-state index in [9.17, 15) is 14.3 Å². The van der Waals surface area contributed by atoms with Crippen molar-refractivity contribution in [1.29, 1.82) is 0 Å². The lowest BCUT2D eigenvalue weighted by Crippen LogP contribution is -2.65. The van der Waals surface area contributed by atoms with Crippen LogP contribution in [-0.4, -0.2) is 39.2 Å². The summed E-state index contributed by atoms with van der Waals surface area (Å²) in [5.74, 6) is 1.44. The van der Waals surface area contributed by atoms with Crippen molar-refractivity contribution in [2.24, 2.45) is 17.6 Å². The number of carbonyl (C=O) groups excluding carboxylic acids is 1. The molecule has 0 spiro atoms. The molecule has 2 aromatic rings. The Morgan fingerprint density at radius 1 is 1.29 bits per heavy atom. The number of primary amides is 1. The fourth-order valence-corrected chi connectivity index (χ4v) is 7.29. The molecule has 0 radical (unpaired) electrons. The molecule has 4 fully saturated rings. The molecule has 2 heterocycles. The highest BCUT2D eigenvalue weighted by molar-refractivity contribution is 5.94. The van der Waals surface area contributed by atoms with Gasteiger partial charge in [0.05, 0.1) is 22.9 Å². The van der Waals surface area contributed by atoms with E-state index in [1.54, 1.807) is 13.1 Å². The Morgan fingerprint density at radius 3 is 2.65 bits per heavy atom. The van der Waals surface area contributed by atoms with Crippen LogP contribution in [0.4, 0.5) is 27.5 Å². The SMILES string of the molecule is C=C1N(C)c2cnc(Nc3cc(F)c(C(N)=O)cc3C)nc2N1C12CC3CC(CC(O)(C3)C1)C2. The lowest BCUT2D eigenvalue weighted by molar-refractivity contribution is -0.133. The molecule has 4 N–H and O–H groups in total. The van der Waals surface area contributed by atoms with Crippen LogP contribution in [0.15, 0.2) is 30.7 Å². The average molecular weight is 465 g/mol. The van der Waals surface area contributed by atoms with E-state index in [1.807, 2.05) is 11.9 Å². The van der Waals surface area contributed by atoms with Gasteiger partial charge in [-0.2, -0.15) is 4.98 Å². The van der Waals surface area contributed by atoms with Crippen molar-refractivity contribution in [3.8, 4) is 0 Å². The van der Waals surface area contributed by atoms with Crippen LogP contribution in [-0.2, 0) is 0 Å². The zero-order valence-corrected chi connectivity index (χ0v) is 19.4. The summed E-state index contributed by atoms with van der Waals surface area (Å²) in [7, 11) is 1.95. The van der Waals surface area contributed by atoms with Crippen molar-refractivity contribution in [1.82, 2.24) is 9.97 Å². The van der Waals surface area contributed by atoms with Crippen LogP contribution in [0, 0.1) is 24.6 Å². The van der Waals surface area contributed by atoms with Crippen LogP contribution in [0.5, 0.6) is 0 Å². The molecule has 2 unspecified atom stereocenters. The normalized spacial score (nSPS) is 31.2. The highest BCUT2D eigenvalue weighted by Gasteiger charge is 2.61. The first-order valence-corrected chi connectivity index (χ1v) is 11.8. The fraction of sp³-hybridized carbons (Fsp3) is 0.480. The van der Waals surface area contributed by atoms with Gasteiger partial charge in [-0.25, -0.2) is 9.37 Å². The molecule has 1 aliphatic heterocycles. The number of nitrogens with two attached hydrogens (primary N) is 1. The number of aromatic nitrogens is 2. The van der Waals surface area contributed by atoms with Gasteiger partial charge < -0.3 is 26.0 Å². The summed E-state index contributed by atoms with van der Waals surface area (Å²) in [5.41, 5.74) is 6.25. The van der Waals surface area contributed by atoms with E-state index in [0.717, 1.165) is 43.0 Å². The summed E-state index contributed by atoms with van der Waals surface area (Å²) in [6.07, 6.45) is 7.46. The van der Waals surface area contributed by atoms with Gasteiger partial charge in [0.25, 0.3) is 5.91 Å². The van der Waals surface area contributed by atoms with Crippen molar-refractivity contribution in [3.63, 3.8) is 0 Å². The van der Waals surface area contributed by atoms with Gasteiger partial charge in [0.1, 0.15) is 17.3 Å². The van der Waals surface area contributed by atoms with Crippen molar-refractivity contribution < 1.29 is 14.3 Å². The standard InChI is InChI=1S/C25H29FN6O2/c1-13-4-17(21(27)33)18(26)6-19(13)29-23-28-11-20-22(30-23)32(14(2)31(20)3)24-7-15-5-16(8-24)10-25(34,9-15)12-24/h4,6,11,15-16,34H,2,5,7-10,12H2,1,3H3,(H2,27,33)(H,28,29,30). The van der Waals surface area contributed by atoms with E-state index in [2.05, 4.69) is 21.8 Å². The van der Waals surface area contributed by atoms with Gasteiger partial charge in [0.15, 0.2) is 5.82 Å². The molecule has 1 aromatic heterocycles.